The van der Waals surface area contributed by atoms with E-state index in [1.165, 1.54) is 0 Å². The fraction of sp³-hybridized carbons (Fsp3) is 0.143. The van der Waals surface area contributed by atoms with Gasteiger partial charge in [-0.1, -0.05) is 24.3 Å². The number of anilines is 1. The van der Waals surface area contributed by atoms with Gasteiger partial charge < -0.3 is 14.8 Å². The molecule has 0 saturated heterocycles. The second kappa shape index (κ2) is 8.16. The third kappa shape index (κ3) is 4.00. The molecular weight excluding hydrogens is 328 g/mol. The van der Waals surface area contributed by atoms with Crippen molar-refractivity contribution in [3.8, 4) is 11.5 Å². The van der Waals surface area contributed by atoms with Crippen LogP contribution >= 0.6 is 0 Å². The van der Waals surface area contributed by atoms with E-state index in [-0.39, 0.29) is 5.91 Å². The van der Waals surface area contributed by atoms with E-state index in [2.05, 4.69) is 10.3 Å². The van der Waals surface area contributed by atoms with Gasteiger partial charge in [0.25, 0.3) is 0 Å². The molecule has 132 valence electrons. The van der Waals surface area contributed by atoms with Crippen molar-refractivity contribution >= 4 is 11.6 Å². The van der Waals surface area contributed by atoms with Gasteiger partial charge in [0.15, 0.2) is 0 Å². The van der Waals surface area contributed by atoms with E-state index in [9.17, 15) is 4.79 Å². The summed E-state index contributed by atoms with van der Waals surface area (Å²) in [4.78, 5) is 17.4. The maximum absolute atomic E-state index is 13.0. The number of benzene rings is 2. The Labute approximate surface area is 152 Å². The Kier molecular flexibility index (Phi) is 5.49. The normalized spacial score (nSPS) is 11.5. The maximum Gasteiger partial charge on any atom is 0.237 e. The Morgan fingerprint density at radius 1 is 0.923 bits per heavy atom. The summed E-state index contributed by atoms with van der Waals surface area (Å²) >= 11 is 0. The maximum atomic E-state index is 13.0. The minimum absolute atomic E-state index is 0.165. The molecule has 1 N–H and O–H groups in total. The van der Waals surface area contributed by atoms with E-state index >= 15 is 0 Å². The predicted octanol–water partition coefficient (Wildman–Crippen LogP) is 3.87. The number of ether oxygens (including phenoxy) is 2. The molecule has 1 aromatic heterocycles. The fourth-order valence-electron chi connectivity index (χ4n) is 2.71. The van der Waals surface area contributed by atoms with Crippen LogP contribution in [0.15, 0.2) is 72.9 Å². The Morgan fingerprint density at radius 2 is 1.69 bits per heavy atom. The summed E-state index contributed by atoms with van der Waals surface area (Å²) in [6, 6.07) is 20.2. The Balaban J connectivity index is 1.92. The molecule has 0 spiro atoms. The molecule has 0 radical (unpaired) electrons. The van der Waals surface area contributed by atoms with E-state index in [1.807, 2.05) is 60.7 Å². The molecule has 0 aliphatic rings. The van der Waals surface area contributed by atoms with E-state index < -0.39 is 5.92 Å². The van der Waals surface area contributed by atoms with E-state index in [0.717, 1.165) is 11.3 Å². The lowest BCUT2D eigenvalue weighted by atomic mass is 9.94. The number of nitrogens with zero attached hydrogens (tertiary/aromatic N) is 1. The lowest BCUT2D eigenvalue weighted by molar-refractivity contribution is -0.116. The molecule has 3 rings (SSSR count). The molecule has 3 aromatic rings. The molecule has 0 aliphatic heterocycles. The van der Waals surface area contributed by atoms with Crippen LogP contribution in [0.3, 0.4) is 0 Å². The standard InChI is InChI=1S/C21H20N2O3/c1-25-17-11-9-15(10-12-17)20(19-8-3-4-13-22-19)21(24)23-16-6-5-7-18(14-16)26-2/h3-14,20H,1-2H3,(H,23,24). The average Bonchev–Trinajstić information content (AvgIpc) is 2.69. The summed E-state index contributed by atoms with van der Waals surface area (Å²) < 4.78 is 10.4. The first kappa shape index (κ1) is 17.5. The molecule has 1 atom stereocenters. The highest BCUT2D eigenvalue weighted by Gasteiger charge is 2.24. The summed E-state index contributed by atoms with van der Waals surface area (Å²) in [6.07, 6.45) is 1.69. The van der Waals surface area contributed by atoms with Crippen LogP contribution in [0.4, 0.5) is 5.69 Å². The lowest BCUT2D eigenvalue weighted by Crippen LogP contribution is -2.23. The molecular formula is C21H20N2O3. The minimum atomic E-state index is -0.534. The fourth-order valence-corrected chi connectivity index (χ4v) is 2.71. The number of hydrogen-bond donors (Lipinski definition) is 1. The van der Waals surface area contributed by atoms with Gasteiger partial charge >= 0.3 is 0 Å². The zero-order chi connectivity index (χ0) is 18.4. The van der Waals surface area contributed by atoms with Crippen molar-refractivity contribution < 1.29 is 14.3 Å². The molecule has 2 aromatic carbocycles. The number of pyridine rings is 1. The highest BCUT2D eigenvalue weighted by atomic mass is 16.5. The molecule has 0 fully saturated rings. The molecule has 1 amide bonds. The van der Waals surface area contributed by atoms with Gasteiger partial charge in [0.1, 0.15) is 17.4 Å². The van der Waals surface area contributed by atoms with E-state index in [0.29, 0.717) is 17.1 Å². The second-order valence-corrected chi connectivity index (χ2v) is 5.68. The van der Waals surface area contributed by atoms with E-state index in [4.69, 9.17) is 9.47 Å². The van der Waals surface area contributed by atoms with Gasteiger partial charge in [-0.05, 0) is 42.0 Å². The smallest absolute Gasteiger partial charge is 0.237 e. The van der Waals surface area contributed by atoms with Crippen molar-refractivity contribution in [2.24, 2.45) is 0 Å². The third-order valence-corrected chi connectivity index (χ3v) is 4.03. The topological polar surface area (TPSA) is 60.5 Å². The van der Waals surface area contributed by atoms with Gasteiger partial charge in [0.05, 0.1) is 19.9 Å². The van der Waals surface area contributed by atoms with Crippen LogP contribution in [0.2, 0.25) is 0 Å². The monoisotopic (exact) mass is 348 g/mol. The molecule has 5 heteroatoms. The summed E-state index contributed by atoms with van der Waals surface area (Å²) in [5, 5.41) is 2.95. The highest BCUT2D eigenvalue weighted by Crippen LogP contribution is 2.27. The lowest BCUT2D eigenvalue weighted by Gasteiger charge is -2.17. The van der Waals surface area contributed by atoms with Crippen molar-refractivity contribution in [3.63, 3.8) is 0 Å². The van der Waals surface area contributed by atoms with Crippen LogP contribution in [-0.4, -0.2) is 25.1 Å². The summed E-state index contributed by atoms with van der Waals surface area (Å²) in [5.74, 6) is 0.721. The van der Waals surface area contributed by atoms with Crippen LogP contribution in [-0.2, 0) is 4.79 Å². The molecule has 1 heterocycles. The van der Waals surface area contributed by atoms with Crippen LogP contribution in [0.25, 0.3) is 0 Å². The number of hydrogen-bond acceptors (Lipinski definition) is 4. The Bertz CT molecular complexity index is 864. The van der Waals surface area contributed by atoms with Crippen molar-refractivity contribution in [2.45, 2.75) is 5.92 Å². The molecule has 1 unspecified atom stereocenters. The minimum Gasteiger partial charge on any atom is -0.497 e. The molecule has 0 saturated carbocycles. The van der Waals surface area contributed by atoms with Crippen LogP contribution in [0.1, 0.15) is 17.2 Å². The van der Waals surface area contributed by atoms with Gasteiger partial charge in [-0.15, -0.1) is 0 Å². The first-order valence-corrected chi connectivity index (χ1v) is 8.21. The van der Waals surface area contributed by atoms with Crippen LogP contribution in [0.5, 0.6) is 11.5 Å². The Hall–Kier alpha value is -3.34. The van der Waals surface area contributed by atoms with E-state index in [1.54, 1.807) is 26.5 Å². The van der Waals surface area contributed by atoms with Gasteiger partial charge in [0.2, 0.25) is 5.91 Å². The highest BCUT2D eigenvalue weighted by molar-refractivity contribution is 5.98. The third-order valence-electron chi connectivity index (χ3n) is 4.03. The molecule has 0 bridgehead atoms. The number of aromatic nitrogens is 1. The van der Waals surface area contributed by atoms with Gasteiger partial charge in [-0.3, -0.25) is 9.78 Å². The average molecular weight is 348 g/mol. The number of carbonyl (C=O) groups is 1. The summed E-state index contributed by atoms with van der Waals surface area (Å²) in [5.41, 5.74) is 2.19. The van der Waals surface area contributed by atoms with Gasteiger partial charge in [-0.2, -0.15) is 0 Å². The van der Waals surface area contributed by atoms with Crippen molar-refractivity contribution in [1.29, 1.82) is 0 Å². The largest absolute Gasteiger partial charge is 0.497 e. The number of carbonyl (C=O) groups excluding carboxylic acids is 1. The summed E-state index contributed by atoms with van der Waals surface area (Å²) in [6.45, 7) is 0. The number of nitrogens with one attached hydrogen (secondary N) is 1. The van der Waals surface area contributed by atoms with Gasteiger partial charge in [-0.25, -0.2) is 0 Å². The summed E-state index contributed by atoms with van der Waals surface area (Å²) in [7, 11) is 3.20. The van der Waals surface area contributed by atoms with Crippen molar-refractivity contribution in [2.75, 3.05) is 19.5 Å². The van der Waals surface area contributed by atoms with Crippen LogP contribution in [0, 0.1) is 0 Å². The first-order chi connectivity index (χ1) is 12.7. The van der Waals surface area contributed by atoms with Crippen molar-refractivity contribution in [1.82, 2.24) is 4.98 Å². The van der Waals surface area contributed by atoms with Crippen LogP contribution < -0.4 is 14.8 Å². The number of amides is 1. The molecule has 26 heavy (non-hydrogen) atoms. The number of rotatable bonds is 6. The zero-order valence-electron chi connectivity index (χ0n) is 14.7. The quantitative estimate of drug-likeness (QED) is 0.735. The SMILES string of the molecule is COc1ccc(C(C(=O)Nc2cccc(OC)c2)c2ccccn2)cc1. The number of methoxy groups -OCH3 is 2. The second-order valence-electron chi connectivity index (χ2n) is 5.68. The van der Waals surface area contributed by atoms with Gasteiger partial charge in [0, 0.05) is 18.0 Å². The Morgan fingerprint density at radius 3 is 2.35 bits per heavy atom. The van der Waals surface area contributed by atoms with Crippen molar-refractivity contribution in [3.05, 3.63) is 84.2 Å². The molecule has 5 nitrogen and oxygen atoms in total. The molecule has 0 aliphatic carbocycles. The predicted molar refractivity (Wildman–Crippen MR) is 101 cm³/mol. The zero-order valence-corrected chi connectivity index (χ0v) is 14.7. The first-order valence-electron chi connectivity index (χ1n) is 8.21.